The highest BCUT2D eigenvalue weighted by atomic mass is 79.9. The Hall–Kier alpha value is -0.830. The molecule has 2 nitrogen and oxygen atoms in total. The molecule has 16 heavy (non-hydrogen) atoms. The topological polar surface area (TPSA) is 24.4 Å². The molecular formula is C13H17BrN2. The Bertz CT molecular complexity index is 374. The van der Waals surface area contributed by atoms with E-state index >= 15 is 0 Å². The molecule has 0 saturated carbocycles. The number of para-hydroxylation sites is 1. The van der Waals surface area contributed by atoms with Gasteiger partial charge >= 0.3 is 0 Å². The summed E-state index contributed by atoms with van der Waals surface area (Å²) in [6.45, 7) is 0.965. The molecule has 86 valence electrons. The van der Waals surface area contributed by atoms with Gasteiger partial charge < -0.3 is 5.32 Å². The lowest BCUT2D eigenvalue weighted by molar-refractivity contribution is 0.644. The van der Waals surface area contributed by atoms with Crippen molar-refractivity contribution in [2.24, 2.45) is 4.99 Å². The number of benzene rings is 1. The van der Waals surface area contributed by atoms with Crippen molar-refractivity contribution in [1.29, 1.82) is 0 Å². The number of aliphatic imine (C=N–C) groups is 1. The zero-order chi connectivity index (χ0) is 11.2. The fourth-order valence-electron chi connectivity index (χ4n) is 1.87. The van der Waals surface area contributed by atoms with Crippen LogP contribution in [0, 0.1) is 0 Å². The minimum atomic E-state index is 0.965. The van der Waals surface area contributed by atoms with E-state index in [4.69, 9.17) is 0 Å². The molecule has 0 aliphatic carbocycles. The van der Waals surface area contributed by atoms with Crippen LogP contribution in [0.5, 0.6) is 0 Å². The second-order valence-electron chi connectivity index (χ2n) is 4.10. The summed E-state index contributed by atoms with van der Waals surface area (Å²) in [6.07, 6.45) is 6.20. The van der Waals surface area contributed by atoms with Crippen LogP contribution < -0.4 is 5.32 Å². The molecule has 1 aliphatic rings. The van der Waals surface area contributed by atoms with E-state index in [1.165, 1.54) is 25.7 Å². The van der Waals surface area contributed by atoms with Gasteiger partial charge in [0, 0.05) is 17.4 Å². The van der Waals surface area contributed by atoms with Crippen molar-refractivity contribution in [1.82, 2.24) is 0 Å². The number of halogens is 1. The second kappa shape index (κ2) is 6.04. The van der Waals surface area contributed by atoms with Gasteiger partial charge in [0.2, 0.25) is 0 Å². The Kier molecular flexibility index (Phi) is 4.40. The third-order valence-corrected chi connectivity index (χ3v) is 3.47. The van der Waals surface area contributed by atoms with Crippen molar-refractivity contribution in [3.63, 3.8) is 0 Å². The molecule has 0 atom stereocenters. The molecule has 0 aromatic heterocycles. The highest BCUT2D eigenvalue weighted by molar-refractivity contribution is 9.10. The maximum absolute atomic E-state index is 4.60. The van der Waals surface area contributed by atoms with Gasteiger partial charge in [-0.05, 0) is 40.9 Å². The Morgan fingerprint density at radius 3 is 2.75 bits per heavy atom. The first kappa shape index (κ1) is 11.6. The van der Waals surface area contributed by atoms with Gasteiger partial charge in [0.05, 0.1) is 5.69 Å². The number of nitrogens with one attached hydrogen (secondary N) is 1. The maximum atomic E-state index is 4.60. The van der Waals surface area contributed by atoms with Crippen LogP contribution in [0.2, 0.25) is 0 Å². The SMILES string of the molecule is Brc1ccccc1NC1=NCCCCCC1. The largest absolute Gasteiger partial charge is 0.343 e. The standard InChI is InChI=1S/C13H17BrN2/c14-11-7-4-5-8-12(11)16-13-9-3-1-2-6-10-15-13/h4-5,7-8H,1-3,6,9-10H2,(H,15,16). The molecule has 2 rings (SSSR count). The number of hydrogen-bond acceptors (Lipinski definition) is 2. The van der Waals surface area contributed by atoms with Crippen molar-refractivity contribution in [3.8, 4) is 0 Å². The van der Waals surface area contributed by atoms with Crippen molar-refractivity contribution < 1.29 is 0 Å². The minimum absolute atomic E-state index is 0.965. The zero-order valence-electron chi connectivity index (χ0n) is 9.38. The Labute approximate surface area is 105 Å². The summed E-state index contributed by atoms with van der Waals surface area (Å²) in [5.41, 5.74) is 1.11. The lowest BCUT2D eigenvalue weighted by atomic mass is 10.1. The normalized spacial score (nSPS) is 17.2. The van der Waals surface area contributed by atoms with E-state index in [1.54, 1.807) is 0 Å². The smallest absolute Gasteiger partial charge is 0.101 e. The van der Waals surface area contributed by atoms with Crippen LogP contribution in [0.3, 0.4) is 0 Å². The number of amidine groups is 1. The highest BCUT2D eigenvalue weighted by Crippen LogP contribution is 2.22. The number of rotatable bonds is 1. The molecule has 0 radical (unpaired) electrons. The van der Waals surface area contributed by atoms with E-state index in [-0.39, 0.29) is 0 Å². The number of hydrogen-bond donors (Lipinski definition) is 1. The molecule has 1 heterocycles. The quantitative estimate of drug-likeness (QED) is 0.818. The summed E-state index contributed by atoms with van der Waals surface area (Å²) in [6, 6.07) is 8.18. The lowest BCUT2D eigenvalue weighted by Crippen LogP contribution is -2.14. The molecule has 0 amide bonds. The average molecular weight is 281 g/mol. The number of nitrogens with zero attached hydrogens (tertiary/aromatic N) is 1. The van der Waals surface area contributed by atoms with Gasteiger partial charge in [0.15, 0.2) is 0 Å². The van der Waals surface area contributed by atoms with Gasteiger partial charge in [-0.1, -0.05) is 25.0 Å². The van der Waals surface area contributed by atoms with E-state index in [9.17, 15) is 0 Å². The summed E-state index contributed by atoms with van der Waals surface area (Å²) in [4.78, 5) is 4.60. The third-order valence-electron chi connectivity index (χ3n) is 2.78. The van der Waals surface area contributed by atoms with E-state index in [2.05, 4.69) is 32.3 Å². The predicted octanol–water partition coefficient (Wildman–Crippen LogP) is 4.22. The van der Waals surface area contributed by atoms with Crippen LogP contribution in [0.25, 0.3) is 0 Å². The van der Waals surface area contributed by atoms with Gasteiger partial charge in [-0.25, -0.2) is 0 Å². The maximum Gasteiger partial charge on any atom is 0.101 e. The summed E-state index contributed by atoms with van der Waals surface area (Å²) >= 11 is 3.54. The van der Waals surface area contributed by atoms with Crippen LogP contribution >= 0.6 is 15.9 Å². The molecular weight excluding hydrogens is 264 g/mol. The minimum Gasteiger partial charge on any atom is -0.343 e. The molecule has 0 saturated heterocycles. The fourth-order valence-corrected chi connectivity index (χ4v) is 2.25. The van der Waals surface area contributed by atoms with E-state index in [1.807, 2.05) is 18.2 Å². The van der Waals surface area contributed by atoms with Gasteiger partial charge in [-0.2, -0.15) is 0 Å². The first-order valence-corrected chi connectivity index (χ1v) is 6.70. The Balaban J connectivity index is 2.05. The Morgan fingerprint density at radius 2 is 1.88 bits per heavy atom. The molecule has 1 aliphatic heterocycles. The van der Waals surface area contributed by atoms with Gasteiger partial charge in [0.25, 0.3) is 0 Å². The van der Waals surface area contributed by atoms with Crippen molar-refractivity contribution in [2.45, 2.75) is 32.1 Å². The zero-order valence-corrected chi connectivity index (χ0v) is 11.0. The number of anilines is 1. The van der Waals surface area contributed by atoms with Gasteiger partial charge in [-0.3, -0.25) is 4.99 Å². The molecule has 1 aromatic carbocycles. The van der Waals surface area contributed by atoms with Gasteiger partial charge in [-0.15, -0.1) is 0 Å². The molecule has 3 heteroatoms. The lowest BCUT2D eigenvalue weighted by Gasteiger charge is -2.13. The summed E-state index contributed by atoms with van der Waals surface area (Å²) < 4.78 is 1.10. The molecule has 0 spiro atoms. The fraction of sp³-hybridized carbons (Fsp3) is 0.462. The predicted molar refractivity (Wildman–Crippen MR) is 73.2 cm³/mol. The first-order valence-electron chi connectivity index (χ1n) is 5.91. The molecule has 1 aromatic rings. The van der Waals surface area contributed by atoms with E-state index in [0.29, 0.717) is 0 Å². The molecule has 1 N–H and O–H groups in total. The van der Waals surface area contributed by atoms with Crippen LogP contribution in [0.15, 0.2) is 33.7 Å². The molecule has 0 bridgehead atoms. The van der Waals surface area contributed by atoms with Crippen LogP contribution in [0.1, 0.15) is 32.1 Å². The monoisotopic (exact) mass is 280 g/mol. The molecule has 0 fully saturated rings. The summed E-state index contributed by atoms with van der Waals surface area (Å²) in [5.74, 6) is 1.13. The highest BCUT2D eigenvalue weighted by Gasteiger charge is 2.05. The summed E-state index contributed by atoms with van der Waals surface area (Å²) in [5, 5.41) is 3.42. The average Bonchev–Trinajstić information content (AvgIpc) is 2.24. The first-order chi connectivity index (χ1) is 7.86. The van der Waals surface area contributed by atoms with Crippen LogP contribution in [-0.4, -0.2) is 12.4 Å². The van der Waals surface area contributed by atoms with Crippen molar-refractivity contribution in [3.05, 3.63) is 28.7 Å². The Morgan fingerprint density at radius 1 is 1.06 bits per heavy atom. The third kappa shape index (κ3) is 3.34. The van der Waals surface area contributed by atoms with Crippen LogP contribution in [0.4, 0.5) is 5.69 Å². The second-order valence-corrected chi connectivity index (χ2v) is 4.95. The molecule has 0 unspecified atom stereocenters. The van der Waals surface area contributed by atoms with Crippen molar-refractivity contribution in [2.75, 3.05) is 11.9 Å². The van der Waals surface area contributed by atoms with Gasteiger partial charge in [0.1, 0.15) is 5.84 Å². The summed E-state index contributed by atoms with van der Waals surface area (Å²) in [7, 11) is 0. The van der Waals surface area contributed by atoms with Crippen LogP contribution in [-0.2, 0) is 0 Å². The van der Waals surface area contributed by atoms with Crippen molar-refractivity contribution >= 4 is 27.5 Å². The van der Waals surface area contributed by atoms with E-state index < -0.39 is 0 Å². The van der Waals surface area contributed by atoms with E-state index in [0.717, 1.165) is 29.0 Å².